The van der Waals surface area contributed by atoms with Crippen molar-refractivity contribution in [2.75, 3.05) is 14.2 Å². The largest absolute Gasteiger partial charge is 0.397 e. The van der Waals surface area contributed by atoms with E-state index in [4.69, 9.17) is 8.85 Å². The van der Waals surface area contributed by atoms with Crippen LogP contribution in [0.1, 0.15) is 124 Å². The molecule has 0 unspecified atom stereocenters. The quantitative estimate of drug-likeness (QED) is 0.154. The predicted octanol–water partition coefficient (Wildman–Crippen LogP) is 8.39. The van der Waals surface area contributed by atoms with Gasteiger partial charge in [0.2, 0.25) is 0 Å². The van der Waals surface area contributed by atoms with E-state index in [1.807, 2.05) is 14.2 Å². The average Bonchev–Trinajstić information content (AvgIpc) is 2.64. The Morgan fingerprint density at radius 2 is 0.846 bits per heavy atom. The van der Waals surface area contributed by atoms with Crippen LogP contribution in [-0.2, 0) is 8.85 Å². The molecule has 2 nitrogen and oxygen atoms in total. The molecule has 0 rings (SSSR count). The molecule has 158 valence electrons. The third kappa shape index (κ3) is 13.3. The van der Waals surface area contributed by atoms with Gasteiger partial charge in [-0.3, -0.25) is 0 Å². The first-order valence-corrected chi connectivity index (χ1v) is 13.8. The lowest BCUT2D eigenvalue weighted by Crippen LogP contribution is -2.43. The molecular weight excluding hydrogens is 336 g/mol. The van der Waals surface area contributed by atoms with Crippen LogP contribution >= 0.6 is 0 Å². The minimum absolute atomic E-state index is 0.536. The maximum atomic E-state index is 5.79. The van der Waals surface area contributed by atoms with Crippen molar-refractivity contribution in [3.63, 3.8) is 0 Å². The Balaban J connectivity index is 3.31. The molecule has 0 aliphatic rings. The van der Waals surface area contributed by atoms with Gasteiger partial charge in [-0.05, 0) is 11.6 Å². The average molecular weight is 387 g/mol. The summed E-state index contributed by atoms with van der Waals surface area (Å²) in [6.07, 6.45) is 22.7. The highest BCUT2D eigenvalue weighted by Crippen LogP contribution is 2.28. The second kappa shape index (κ2) is 18.5. The van der Waals surface area contributed by atoms with E-state index >= 15 is 0 Å². The van der Waals surface area contributed by atoms with Crippen molar-refractivity contribution in [1.82, 2.24) is 0 Å². The highest BCUT2D eigenvalue weighted by Gasteiger charge is 2.38. The van der Waals surface area contributed by atoms with Gasteiger partial charge in [0.15, 0.2) is 0 Å². The Morgan fingerprint density at radius 1 is 0.538 bits per heavy atom. The lowest BCUT2D eigenvalue weighted by atomic mass is 10.0. The van der Waals surface area contributed by atoms with Gasteiger partial charge in [-0.1, -0.05) is 124 Å². The third-order valence-electron chi connectivity index (χ3n) is 5.95. The molecule has 0 aliphatic heterocycles. The Bertz CT molecular complexity index is 277. The van der Waals surface area contributed by atoms with Gasteiger partial charge in [0, 0.05) is 14.2 Å². The monoisotopic (exact) mass is 386 g/mol. The van der Waals surface area contributed by atoms with Gasteiger partial charge in [0.25, 0.3) is 0 Å². The number of hydrogen-bond acceptors (Lipinski definition) is 2. The molecule has 0 aromatic carbocycles. The fourth-order valence-corrected chi connectivity index (χ4v) is 6.80. The molecule has 0 aromatic heterocycles. The minimum atomic E-state index is -1.93. The van der Waals surface area contributed by atoms with E-state index in [-0.39, 0.29) is 0 Å². The van der Waals surface area contributed by atoms with Crippen molar-refractivity contribution in [2.24, 2.45) is 0 Å². The first kappa shape index (κ1) is 26.1. The van der Waals surface area contributed by atoms with E-state index in [0.29, 0.717) is 5.54 Å². The predicted molar refractivity (Wildman–Crippen MR) is 119 cm³/mol. The second-order valence-electron chi connectivity index (χ2n) is 8.43. The number of rotatable bonds is 20. The smallest absolute Gasteiger partial charge is 0.340 e. The molecule has 3 heteroatoms. The molecule has 0 fully saturated rings. The van der Waals surface area contributed by atoms with Crippen molar-refractivity contribution >= 4 is 8.56 Å². The highest BCUT2D eigenvalue weighted by atomic mass is 28.4. The summed E-state index contributed by atoms with van der Waals surface area (Å²) in [7, 11) is 1.74. The molecule has 0 atom stereocenters. The molecule has 0 bridgehead atoms. The SMILES string of the molecule is CCCCCCCCCCCCCCCCCC[Si](OC)(OC)C(C)C. The summed E-state index contributed by atoms with van der Waals surface area (Å²) in [5.74, 6) is 0. The molecule has 0 amide bonds. The zero-order valence-electron chi connectivity index (χ0n) is 18.9. The first-order valence-electron chi connectivity index (χ1n) is 11.7. The van der Waals surface area contributed by atoms with E-state index in [1.54, 1.807) is 0 Å². The zero-order chi connectivity index (χ0) is 19.5. The number of hydrogen-bond donors (Lipinski definition) is 0. The van der Waals surface area contributed by atoms with Gasteiger partial charge in [0.1, 0.15) is 0 Å². The summed E-state index contributed by atoms with van der Waals surface area (Å²) in [5, 5.41) is 0. The molecular formula is C23H50O2Si. The maximum Gasteiger partial charge on any atom is 0.340 e. The topological polar surface area (TPSA) is 18.5 Å². The molecule has 0 saturated carbocycles. The van der Waals surface area contributed by atoms with Crippen LogP contribution in [0.2, 0.25) is 11.6 Å². The summed E-state index contributed by atoms with van der Waals surface area (Å²) in [6, 6.07) is 1.15. The third-order valence-corrected chi connectivity index (χ3v) is 10.1. The molecule has 0 saturated heterocycles. The lowest BCUT2D eigenvalue weighted by Gasteiger charge is -2.31. The minimum Gasteiger partial charge on any atom is -0.397 e. The molecule has 0 heterocycles. The van der Waals surface area contributed by atoms with Crippen molar-refractivity contribution in [1.29, 1.82) is 0 Å². The molecule has 26 heavy (non-hydrogen) atoms. The zero-order valence-corrected chi connectivity index (χ0v) is 19.9. The van der Waals surface area contributed by atoms with Crippen LogP contribution in [0.3, 0.4) is 0 Å². The first-order chi connectivity index (χ1) is 12.6. The van der Waals surface area contributed by atoms with Crippen LogP contribution in [0.4, 0.5) is 0 Å². The van der Waals surface area contributed by atoms with Crippen LogP contribution in [0.25, 0.3) is 0 Å². The van der Waals surface area contributed by atoms with Crippen molar-refractivity contribution in [2.45, 2.75) is 135 Å². The van der Waals surface area contributed by atoms with Gasteiger partial charge < -0.3 is 8.85 Å². The Kier molecular flexibility index (Phi) is 18.6. The molecule has 0 spiro atoms. The fourth-order valence-electron chi connectivity index (χ4n) is 3.97. The normalized spacial score (nSPS) is 12.2. The van der Waals surface area contributed by atoms with Gasteiger partial charge >= 0.3 is 8.56 Å². The Hall–Kier alpha value is 0.137. The molecule has 0 aromatic rings. The van der Waals surface area contributed by atoms with E-state index in [2.05, 4.69) is 20.8 Å². The van der Waals surface area contributed by atoms with Gasteiger partial charge in [-0.15, -0.1) is 0 Å². The van der Waals surface area contributed by atoms with Crippen LogP contribution in [0, 0.1) is 0 Å². The molecule has 0 N–H and O–H groups in total. The highest BCUT2D eigenvalue weighted by molar-refractivity contribution is 6.68. The van der Waals surface area contributed by atoms with Crippen LogP contribution in [0.5, 0.6) is 0 Å². The van der Waals surface area contributed by atoms with Gasteiger partial charge in [0.05, 0.1) is 0 Å². The van der Waals surface area contributed by atoms with Gasteiger partial charge in [-0.25, -0.2) is 0 Å². The van der Waals surface area contributed by atoms with Crippen molar-refractivity contribution < 1.29 is 8.85 Å². The van der Waals surface area contributed by atoms with Crippen LogP contribution in [-0.4, -0.2) is 22.8 Å². The van der Waals surface area contributed by atoms with Crippen molar-refractivity contribution in [3.8, 4) is 0 Å². The molecule has 0 aliphatic carbocycles. The van der Waals surface area contributed by atoms with E-state index < -0.39 is 8.56 Å². The van der Waals surface area contributed by atoms with E-state index in [9.17, 15) is 0 Å². The maximum absolute atomic E-state index is 5.79. The van der Waals surface area contributed by atoms with E-state index in [1.165, 1.54) is 103 Å². The Morgan fingerprint density at radius 3 is 1.12 bits per heavy atom. The number of unbranched alkanes of at least 4 members (excludes halogenated alkanes) is 15. The van der Waals surface area contributed by atoms with Crippen LogP contribution < -0.4 is 0 Å². The molecule has 0 radical (unpaired) electrons. The summed E-state index contributed by atoms with van der Waals surface area (Å²) >= 11 is 0. The summed E-state index contributed by atoms with van der Waals surface area (Å²) < 4.78 is 11.6. The fraction of sp³-hybridized carbons (Fsp3) is 1.00. The second-order valence-corrected chi connectivity index (χ2v) is 12.5. The van der Waals surface area contributed by atoms with E-state index in [0.717, 1.165) is 6.04 Å². The Labute approximate surface area is 167 Å². The summed E-state index contributed by atoms with van der Waals surface area (Å²) in [6.45, 7) is 6.78. The summed E-state index contributed by atoms with van der Waals surface area (Å²) in [4.78, 5) is 0. The van der Waals surface area contributed by atoms with Crippen molar-refractivity contribution in [3.05, 3.63) is 0 Å². The van der Waals surface area contributed by atoms with Gasteiger partial charge in [-0.2, -0.15) is 0 Å². The standard InChI is InChI=1S/C23H50O2Si/c1-6-7-8-9-10-11-12-13-14-15-16-17-18-19-20-21-22-26(24-4,25-5)23(2)3/h23H,6-22H2,1-5H3. The van der Waals surface area contributed by atoms with Crippen LogP contribution in [0.15, 0.2) is 0 Å². The summed E-state index contributed by atoms with van der Waals surface area (Å²) in [5.41, 5.74) is 0.536. The lowest BCUT2D eigenvalue weighted by molar-refractivity contribution is 0.231.